The third-order valence-electron chi connectivity index (χ3n) is 4.14. The summed E-state index contributed by atoms with van der Waals surface area (Å²) in [5.74, 6) is -1.28. The summed E-state index contributed by atoms with van der Waals surface area (Å²) in [5.41, 5.74) is 0.789. The zero-order valence-electron chi connectivity index (χ0n) is 13.5. The van der Waals surface area contributed by atoms with Gasteiger partial charge in [0.15, 0.2) is 0 Å². The summed E-state index contributed by atoms with van der Waals surface area (Å²) >= 11 is 5.88. The second kappa shape index (κ2) is 8.15. The monoisotopic (exact) mass is 352 g/mol. The quantitative estimate of drug-likeness (QED) is 0.822. The van der Waals surface area contributed by atoms with Gasteiger partial charge < -0.3 is 15.3 Å². The highest BCUT2D eigenvalue weighted by molar-refractivity contribution is 6.30. The Bertz CT molecular complexity index is 618. The Balaban J connectivity index is 2.10. The summed E-state index contributed by atoms with van der Waals surface area (Å²) in [6, 6.07) is 6.24. The molecule has 24 heavy (non-hydrogen) atoms. The number of carboxylic acids is 1. The molecule has 2 N–H and O–H groups in total. The predicted molar refractivity (Wildman–Crippen MR) is 89.6 cm³/mol. The lowest BCUT2D eigenvalue weighted by Crippen LogP contribution is -2.39. The molecule has 2 atom stereocenters. The average molecular weight is 353 g/mol. The lowest BCUT2D eigenvalue weighted by Gasteiger charge is -2.26. The lowest BCUT2D eigenvalue weighted by atomic mass is 10.0. The maximum Gasteiger partial charge on any atom is 0.305 e. The number of hydrogen-bond donors (Lipinski definition) is 2. The zero-order chi connectivity index (χ0) is 17.7. The third kappa shape index (κ3) is 4.96. The van der Waals surface area contributed by atoms with Crippen LogP contribution in [0.4, 0.5) is 0 Å². The minimum atomic E-state index is -0.907. The molecule has 0 bridgehead atoms. The first-order valence-electron chi connectivity index (χ1n) is 7.90. The molecule has 1 fully saturated rings. The number of benzene rings is 1. The predicted octanol–water partition coefficient (Wildman–Crippen LogP) is 2.37. The molecule has 0 aliphatic carbocycles. The molecular weight excluding hydrogens is 332 g/mol. The van der Waals surface area contributed by atoms with Crippen LogP contribution in [0.2, 0.25) is 5.02 Å². The Labute approximate surface area is 145 Å². The van der Waals surface area contributed by atoms with Gasteiger partial charge in [-0.2, -0.15) is 0 Å². The molecule has 2 rings (SSSR count). The molecular formula is C17H21ClN2O4. The second-order valence-electron chi connectivity index (χ2n) is 5.99. The van der Waals surface area contributed by atoms with Gasteiger partial charge >= 0.3 is 5.97 Å². The van der Waals surface area contributed by atoms with Gasteiger partial charge in [0.2, 0.25) is 11.8 Å². The number of likely N-dealkylation sites (tertiary alicyclic amines) is 1. The Kier molecular flexibility index (Phi) is 6.20. The number of rotatable bonds is 6. The van der Waals surface area contributed by atoms with E-state index in [0.29, 0.717) is 18.0 Å². The maximum absolute atomic E-state index is 12.6. The van der Waals surface area contributed by atoms with Crippen LogP contribution in [0.25, 0.3) is 0 Å². The molecule has 1 aromatic carbocycles. The number of carboxylic acid groups (broad SMARTS) is 1. The molecule has 2 amide bonds. The molecule has 1 aliphatic heterocycles. The molecule has 0 aromatic heterocycles. The van der Waals surface area contributed by atoms with Crippen LogP contribution in [0.15, 0.2) is 24.3 Å². The first-order chi connectivity index (χ1) is 11.4. The molecule has 0 radical (unpaired) electrons. The van der Waals surface area contributed by atoms with Gasteiger partial charge in [-0.05, 0) is 30.5 Å². The van der Waals surface area contributed by atoms with Crippen molar-refractivity contribution < 1.29 is 19.5 Å². The Morgan fingerprint density at radius 1 is 1.33 bits per heavy atom. The Morgan fingerprint density at radius 2 is 2.00 bits per heavy atom. The van der Waals surface area contributed by atoms with Crippen molar-refractivity contribution >= 4 is 29.4 Å². The van der Waals surface area contributed by atoms with E-state index in [4.69, 9.17) is 16.7 Å². The van der Waals surface area contributed by atoms with Crippen molar-refractivity contribution in [2.75, 3.05) is 6.54 Å². The number of halogens is 1. The lowest BCUT2D eigenvalue weighted by molar-refractivity contribution is -0.140. The molecule has 0 spiro atoms. The van der Waals surface area contributed by atoms with Crippen molar-refractivity contribution in [1.29, 1.82) is 0 Å². The summed E-state index contributed by atoms with van der Waals surface area (Å²) < 4.78 is 0. The van der Waals surface area contributed by atoms with Crippen LogP contribution < -0.4 is 5.32 Å². The fourth-order valence-corrected chi connectivity index (χ4v) is 3.19. The van der Waals surface area contributed by atoms with Gasteiger partial charge in [0, 0.05) is 24.5 Å². The van der Waals surface area contributed by atoms with Crippen LogP contribution in [-0.4, -0.2) is 40.4 Å². The topological polar surface area (TPSA) is 86.7 Å². The van der Waals surface area contributed by atoms with E-state index in [0.717, 1.165) is 12.0 Å². The van der Waals surface area contributed by atoms with Gasteiger partial charge in [-0.1, -0.05) is 23.7 Å². The Morgan fingerprint density at radius 3 is 2.58 bits per heavy atom. The normalized spacial score (nSPS) is 18.2. The van der Waals surface area contributed by atoms with E-state index in [9.17, 15) is 14.4 Å². The number of carbonyl (C=O) groups excluding carboxylic acids is 2. The first-order valence-corrected chi connectivity index (χ1v) is 8.28. The minimum Gasteiger partial charge on any atom is -0.481 e. The SMILES string of the molecule is CC(=O)NC(CC(=O)N1CCCC1CC(=O)O)c1ccc(Cl)cc1. The average Bonchev–Trinajstić information content (AvgIpc) is 2.94. The molecule has 2 unspecified atom stereocenters. The molecule has 0 saturated carbocycles. The highest BCUT2D eigenvalue weighted by atomic mass is 35.5. The van der Waals surface area contributed by atoms with Gasteiger partial charge in [-0.3, -0.25) is 14.4 Å². The van der Waals surface area contributed by atoms with Crippen molar-refractivity contribution in [2.45, 2.75) is 44.7 Å². The molecule has 130 valence electrons. The van der Waals surface area contributed by atoms with Crippen molar-refractivity contribution in [2.24, 2.45) is 0 Å². The number of aliphatic carboxylic acids is 1. The fourth-order valence-electron chi connectivity index (χ4n) is 3.06. The highest BCUT2D eigenvalue weighted by Crippen LogP contribution is 2.25. The third-order valence-corrected chi connectivity index (χ3v) is 4.39. The van der Waals surface area contributed by atoms with Crippen molar-refractivity contribution in [3.8, 4) is 0 Å². The molecule has 6 nitrogen and oxygen atoms in total. The molecule has 1 heterocycles. The Hall–Kier alpha value is -2.08. The molecule has 1 saturated heterocycles. The van der Waals surface area contributed by atoms with Crippen LogP contribution >= 0.6 is 11.6 Å². The summed E-state index contributed by atoms with van der Waals surface area (Å²) in [6.07, 6.45) is 1.55. The summed E-state index contributed by atoms with van der Waals surface area (Å²) in [7, 11) is 0. The first kappa shape index (κ1) is 18.3. The number of nitrogens with one attached hydrogen (secondary N) is 1. The minimum absolute atomic E-state index is 0.0442. The standard InChI is InChI=1S/C17H21ClN2O4/c1-11(21)19-15(12-4-6-13(18)7-5-12)10-16(22)20-8-2-3-14(20)9-17(23)24/h4-7,14-15H,2-3,8-10H2,1H3,(H,19,21)(H,23,24). The van der Waals surface area contributed by atoms with E-state index < -0.39 is 12.0 Å². The highest BCUT2D eigenvalue weighted by Gasteiger charge is 2.31. The van der Waals surface area contributed by atoms with E-state index in [-0.39, 0.29) is 30.7 Å². The summed E-state index contributed by atoms with van der Waals surface area (Å²) in [6.45, 7) is 1.96. The van der Waals surface area contributed by atoms with E-state index in [1.165, 1.54) is 6.92 Å². The number of nitrogens with zero attached hydrogens (tertiary/aromatic N) is 1. The van der Waals surface area contributed by atoms with Crippen LogP contribution in [0.3, 0.4) is 0 Å². The smallest absolute Gasteiger partial charge is 0.305 e. The van der Waals surface area contributed by atoms with E-state index in [1.54, 1.807) is 29.2 Å². The van der Waals surface area contributed by atoms with E-state index >= 15 is 0 Å². The van der Waals surface area contributed by atoms with Crippen molar-refractivity contribution in [3.05, 3.63) is 34.9 Å². The largest absolute Gasteiger partial charge is 0.481 e. The van der Waals surface area contributed by atoms with E-state index in [1.807, 2.05) is 0 Å². The van der Waals surface area contributed by atoms with Crippen LogP contribution in [0.5, 0.6) is 0 Å². The van der Waals surface area contributed by atoms with Crippen LogP contribution in [-0.2, 0) is 14.4 Å². The summed E-state index contributed by atoms with van der Waals surface area (Å²) in [4.78, 5) is 36.7. The van der Waals surface area contributed by atoms with E-state index in [2.05, 4.69) is 5.32 Å². The van der Waals surface area contributed by atoms with Gasteiger partial charge in [-0.25, -0.2) is 0 Å². The van der Waals surface area contributed by atoms with Crippen molar-refractivity contribution in [3.63, 3.8) is 0 Å². The van der Waals surface area contributed by atoms with Crippen LogP contribution in [0.1, 0.15) is 44.2 Å². The maximum atomic E-state index is 12.6. The van der Waals surface area contributed by atoms with Gasteiger partial charge in [0.1, 0.15) is 0 Å². The molecule has 1 aromatic rings. The zero-order valence-corrected chi connectivity index (χ0v) is 14.3. The van der Waals surface area contributed by atoms with Gasteiger partial charge in [0.05, 0.1) is 18.9 Å². The van der Waals surface area contributed by atoms with Gasteiger partial charge in [0.25, 0.3) is 0 Å². The fraction of sp³-hybridized carbons (Fsp3) is 0.471. The molecule has 7 heteroatoms. The number of hydrogen-bond acceptors (Lipinski definition) is 3. The van der Waals surface area contributed by atoms with Crippen LogP contribution in [0, 0.1) is 0 Å². The van der Waals surface area contributed by atoms with Gasteiger partial charge in [-0.15, -0.1) is 0 Å². The second-order valence-corrected chi connectivity index (χ2v) is 6.43. The molecule has 1 aliphatic rings. The van der Waals surface area contributed by atoms with Crippen molar-refractivity contribution in [1.82, 2.24) is 10.2 Å². The number of carbonyl (C=O) groups is 3. The number of amides is 2. The summed E-state index contributed by atoms with van der Waals surface area (Å²) in [5, 5.41) is 12.3.